The van der Waals surface area contributed by atoms with Crippen LogP contribution in [0.25, 0.3) is 17.1 Å². The summed E-state index contributed by atoms with van der Waals surface area (Å²) in [5, 5.41) is 9.99. The molecule has 1 aliphatic heterocycles. The van der Waals surface area contributed by atoms with Crippen molar-refractivity contribution in [3.05, 3.63) is 72.1 Å². The molecule has 7 nitrogen and oxygen atoms in total. The first kappa shape index (κ1) is 25.2. The fourth-order valence-corrected chi connectivity index (χ4v) is 4.30. The number of benzene rings is 2. The largest absolute Gasteiger partial charge is 0.464 e. The molecule has 0 spiro atoms. The molecule has 1 aliphatic rings. The van der Waals surface area contributed by atoms with Gasteiger partial charge in [-0.15, -0.1) is 0 Å². The van der Waals surface area contributed by atoms with E-state index >= 15 is 0 Å². The summed E-state index contributed by atoms with van der Waals surface area (Å²) < 4.78 is 5.57. The predicted molar refractivity (Wildman–Crippen MR) is 142 cm³/mol. The van der Waals surface area contributed by atoms with Crippen LogP contribution in [0.1, 0.15) is 43.9 Å². The Bertz CT molecular complexity index is 1230. The van der Waals surface area contributed by atoms with Gasteiger partial charge in [0.25, 0.3) is 0 Å². The number of carbonyl (C=O) groups is 1. The molecule has 1 saturated heterocycles. The maximum absolute atomic E-state index is 13.0. The van der Waals surface area contributed by atoms with Crippen molar-refractivity contribution in [2.75, 3.05) is 37.7 Å². The van der Waals surface area contributed by atoms with Crippen molar-refractivity contribution in [2.45, 2.75) is 32.6 Å². The molecule has 3 aromatic rings. The van der Waals surface area contributed by atoms with Crippen LogP contribution in [0, 0.1) is 17.2 Å². The van der Waals surface area contributed by atoms with E-state index in [0.29, 0.717) is 36.7 Å². The van der Waals surface area contributed by atoms with Crippen molar-refractivity contribution in [3.8, 4) is 6.07 Å². The number of carbonyl (C=O) groups excluding carboxylic acids is 1. The molecule has 2 aromatic carbocycles. The van der Waals surface area contributed by atoms with Crippen molar-refractivity contribution < 1.29 is 9.53 Å². The number of anilines is 1. The molecule has 0 aliphatic carbocycles. The number of aromatic nitrogens is 2. The van der Waals surface area contributed by atoms with Crippen LogP contribution in [0.4, 0.5) is 5.82 Å². The lowest BCUT2D eigenvalue weighted by Crippen LogP contribution is -2.45. The second-order valence-electron chi connectivity index (χ2n) is 9.05. The molecule has 7 heteroatoms. The topological polar surface area (TPSA) is 82.3 Å². The highest BCUT2D eigenvalue weighted by molar-refractivity contribution is 5.85. The molecule has 2 heterocycles. The molecule has 0 bridgehead atoms. The van der Waals surface area contributed by atoms with E-state index in [0.717, 1.165) is 37.0 Å². The third kappa shape index (κ3) is 6.01. The third-order valence-corrected chi connectivity index (χ3v) is 6.72. The Morgan fingerprint density at radius 1 is 1.00 bits per heavy atom. The van der Waals surface area contributed by atoms with Crippen LogP contribution in [0.2, 0.25) is 0 Å². The summed E-state index contributed by atoms with van der Waals surface area (Å²) in [5.74, 6) is -0.805. The Morgan fingerprint density at radius 2 is 1.64 bits per heavy atom. The minimum atomic E-state index is -1.12. The normalized spacial score (nSPS) is 14.8. The quantitative estimate of drug-likeness (QED) is 0.396. The van der Waals surface area contributed by atoms with Gasteiger partial charge in [0.15, 0.2) is 11.7 Å². The monoisotopic (exact) mass is 483 g/mol. The van der Waals surface area contributed by atoms with Gasteiger partial charge in [-0.3, -0.25) is 4.79 Å². The smallest absolute Gasteiger partial charge is 0.329 e. The summed E-state index contributed by atoms with van der Waals surface area (Å²) in [7, 11) is 0. The molecule has 186 valence electrons. The molecule has 0 unspecified atom stereocenters. The minimum Gasteiger partial charge on any atom is -0.464 e. The van der Waals surface area contributed by atoms with Gasteiger partial charge in [0.2, 0.25) is 0 Å². The first-order valence-corrected chi connectivity index (χ1v) is 12.7. The molecule has 1 fully saturated rings. The number of ether oxygens (including phenoxy) is 1. The highest BCUT2D eigenvalue weighted by Gasteiger charge is 2.31. The predicted octanol–water partition coefficient (Wildman–Crippen LogP) is 5.01. The number of piperazine rings is 1. The molecular weight excluding hydrogens is 450 g/mol. The molecule has 1 atom stereocenters. The summed E-state index contributed by atoms with van der Waals surface area (Å²) >= 11 is 0. The van der Waals surface area contributed by atoms with Gasteiger partial charge in [-0.05, 0) is 35.9 Å². The fourth-order valence-electron chi connectivity index (χ4n) is 4.30. The van der Waals surface area contributed by atoms with E-state index in [9.17, 15) is 10.1 Å². The molecule has 36 heavy (non-hydrogen) atoms. The number of hydrogen-bond acceptors (Lipinski definition) is 7. The Labute approximate surface area is 213 Å². The third-order valence-electron chi connectivity index (χ3n) is 6.72. The Morgan fingerprint density at radius 3 is 2.28 bits per heavy atom. The number of hydrogen-bond donors (Lipinski definition) is 0. The van der Waals surface area contributed by atoms with Gasteiger partial charge in [0.05, 0.1) is 23.7 Å². The molecular formula is C29H33N5O2. The number of nitrogens with zero attached hydrogens (tertiary/aromatic N) is 5. The molecule has 4 rings (SSSR count). The van der Waals surface area contributed by atoms with E-state index in [-0.39, 0.29) is 5.92 Å². The van der Waals surface area contributed by atoms with E-state index in [1.165, 1.54) is 0 Å². The zero-order valence-electron chi connectivity index (χ0n) is 21.0. The van der Waals surface area contributed by atoms with Crippen LogP contribution in [0.15, 0.2) is 60.8 Å². The van der Waals surface area contributed by atoms with Crippen LogP contribution in [0.3, 0.4) is 0 Å². The molecule has 0 saturated carbocycles. The zero-order chi connectivity index (χ0) is 25.3. The molecule has 0 amide bonds. The maximum atomic E-state index is 13.0. The summed E-state index contributed by atoms with van der Waals surface area (Å²) in [6, 6.07) is 19.9. The van der Waals surface area contributed by atoms with Gasteiger partial charge in [0.1, 0.15) is 5.69 Å². The van der Waals surface area contributed by atoms with E-state index < -0.39 is 11.9 Å². The standard InChI is InChI=1S/C29H33N5O2/c1-3-22(4-2)21-36-29(35)24(20-30)27-28(32-26-13-9-8-12-25(26)31-27)34-18-16-33(17-19-34)15-14-23-10-6-5-7-11-23/h5-15,22,24H,3-4,16-19,21H2,1-2H3/b15-14+/t24-/m1/s1. The number of fused-ring (bicyclic) bond motifs is 1. The Hall–Kier alpha value is -3.92. The van der Waals surface area contributed by atoms with Gasteiger partial charge in [-0.25, -0.2) is 9.97 Å². The van der Waals surface area contributed by atoms with E-state index in [4.69, 9.17) is 14.7 Å². The van der Waals surface area contributed by atoms with E-state index in [1.54, 1.807) is 0 Å². The van der Waals surface area contributed by atoms with Crippen LogP contribution >= 0.6 is 0 Å². The highest BCUT2D eigenvalue weighted by Crippen LogP contribution is 2.29. The molecule has 0 N–H and O–H groups in total. The van der Waals surface area contributed by atoms with Gasteiger partial charge in [0, 0.05) is 26.2 Å². The average molecular weight is 484 g/mol. The second kappa shape index (κ2) is 12.2. The van der Waals surface area contributed by atoms with Crippen molar-refractivity contribution in [1.29, 1.82) is 5.26 Å². The maximum Gasteiger partial charge on any atom is 0.329 e. The van der Waals surface area contributed by atoms with Crippen molar-refractivity contribution in [1.82, 2.24) is 14.9 Å². The number of para-hydroxylation sites is 2. The lowest BCUT2D eigenvalue weighted by atomic mass is 10.0. The zero-order valence-corrected chi connectivity index (χ0v) is 21.0. The van der Waals surface area contributed by atoms with Crippen molar-refractivity contribution in [3.63, 3.8) is 0 Å². The number of nitriles is 1. The summed E-state index contributed by atoms with van der Waals surface area (Å²) in [6.07, 6.45) is 6.07. The summed E-state index contributed by atoms with van der Waals surface area (Å²) in [5.41, 5.74) is 2.93. The van der Waals surface area contributed by atoms with Gasteiger partial charge < -0.3 is 14.5 Å². The van der Waals surface area contributed by atoms with E-state index in [2.05, 4.69) is 54.1 Å². The average Bonchev–Trinajstić information content (AvgIpc) is 2.93. The van der Waals surface area contributed by atoms with Crippen molar-refractivity contribution >= 4 is 28.9 Å². The lowest BCUT2D eigenvalue weighted by molar-refractivity contribution is -0.145. The van der Waals surface area contributed by atoms with Gasteiger partial charge in [-0.2, -0.15) is 5.26 Å². The SMILES string of the molecule is CCC(CC)COC(=O)[C@H](C#N)c1nc2ccccc2nc1N1CCN(/C=C/c2ccccc2)CC1. The first-order chi connectivity index (χ1) is 17.6. The van der Waals surface area contributed by atoms with Crippen LogP contribution in [-0.4, -0.2) is 53.6 Å². The number of rotatable bonds is 9. The first-order valence-electron chi connectivity index (χ1n) is 12.7. The van der Waals surface area contributed by atoms with Crippen molar-refractivity contribution in [2.24, 2.45) is 5.92 Å². The molecule has 0 radical (unpaired) electrons. The van der Waals surface area contributed by atoms with Crippen LogP contribution in [0.5, 0.6) is 0 Å². The summed E-state index contributed by atoms with van der Waals surface area (Å²) in [6.45, 7) is 7.48. The van der Waals surface area contributed by atoms with E-state index in [1.807, 2.05) is 42.5 Å². The van der Waals surface area contributed by atoms with Gasteiger partial charge in [-0.1, -0.05) is 69.2 Å². The molecule has 1 aromatic heterocycles. The fraction of sp³-hybridized carbons (Fsp3) is 0.379. The lowest BCUT2D eigenvalue weighted by Gasteiger charge is -2.35. The summed E-state index contributed by atoms with van der Waals surface area (Å²) in [4.78, 5) is 27.0. The second-order valence-corrected chi connectivity index (χ2v) is 9.05. The Kier molecular flexibility index (Phi) is 8.51. The number of esters is 1. The van der Waals surface area contributed by atoms with Crippen LogP contribution in [-0.2, 0) is 9.53 Å². The van der Waals surface area contributed by atoms with Gasteiger partial charge >= 0.3 is 5.97 Å². The van der Waals surface area contributed by atoms with Crippen LogP contribution < -0.4 is 4.90 Å². The minimum absolute atomic E-state index is 0.285. The Balaban J connectivity index is 1.55. The highest BCUT2D eigenvalue weighted by atomic mass is 16.5.